The van der Waals surface area contributed by atoms with Crippen molar-refractivity contribution in [3.05, 3.63) is 30.1 Å². The Kier molecular flexibility index (Phi) is 7.64. The van der Waals surface area contributed by atoms with Crippen molar-refractivity contribution in [2.75, 3.05) is 33.2 Å². The van der Waals surface area contributed by atoms with E-state index in [1.54, 1.807) is 0 Å². The molecule has 3 rings (SSSR count). The van der Waals surface area contributed by atoms with Crippen LogP contribution in [0.15, 0.2) is 29.3 Å². The highest BCUT2D eigenvalue weighted by Gasteiger charge is 2.27. The number of carbonyl (C=O) groups is 1. The fraction of sp³-hybridized carbons (Fsp3) is 0.625. The standard InChI is InChI=1S/C24H38N6O2/c1-7-29(23(31)32-24(2,3)4)17-18-12-14-30(15-13-18)22(25-5)26-16-21-27-19-10-8-9-11-20(19)28(21)6/h8-11,18H,7,12-17H2,1-6H3,(H,25,26). The zero-order chi connectivity index (χ0) is 23.3. The number of hydrogen-bond acceptors (Lipinski definition) is 4. The number of amides is 1. The Bertz CT molecular complexity index is 938. The first-order valence-electron chi connectivity index (χ1n) is 11.6. The highest BCUT2D eigenvalue weighted by molar-refractivity contribution is 5.80. The van der Waals surface area contributed by atoms with Crippen molar-refractivity contribution >= 4 is 23.1 Å². The number of nitrogens with one attached hydrogen (secondary N) is 1. The third-order valence-electron chi connectivity index (χ3n) is 5.92. The second kappa shape index (κ2) is 10.2. The van der Waals surface area contributed by atoms with Gasteiger partial charge in [0, 0.05) is 40.3 Å². The number of guanidine groups is 1. The fourth-order valence-corrected chi connectivity index (χ4v) is 4.14. The number of aromatic nitrogens is 2. The molecule has 1 fully saturated rings. The normalized spacial score (nSPS) is 15.8. The number of hydrogen-bond donors (Lipinski definition) is 1. The first-order valence-corrected chi connectivity index (χ1v) is 11.6. The second-order valence-corrected chi connectivity index (χ2v) is 9.43. The van der Waals surface area contributed by atoms with Crippen molar-refractivity contribution in [3.8, 4) is 0 Å². The Morgan fingerprint density at radius 1 is 1.28 bits per heavy atom. The number of nitrogens with zero attached hydrogens (tertiary/aromatic N) is 5. The molecule has 0 unspecified atom stereocenters. The number of piperidine rings is 1. The third-order valence-corrected chi connectivity index (χ3v) is 5.92. The fourth-order valence-electron chi connectivity index (χ4n) is 4.14. The molecule has 176 valence electrons. The number of likely N-dealkylation sites (tertiary alicyclic amines) is 1. The van der Waals surface area contributed by atoms with E-state index in [2.05, 4.69) is 25.8 Å². The molecule has 0 atom stereocenters. The van der Waals surface area contributed by atoms with Gasteiger partial charge in [-0.05, 0) is 58.6 Å². The van der Waals surface area contributed by atoms with Crippen LogP contribution in [0.2, 0.25) is 0 Å². The number of aryl methyl sites for hydroxylation is 1. The summed E-state index contributed by atoms with van der Waals surface area (Å²) in [6.45, 7) is 11.6. The number of aliphatic imine (C=N–C) groups is 1. The van der Waals surface area contributed by atoms with Gasteiger partial charge in [-0.1, -0.05) is 12.1 Å². The summed E-state index contributed by atoms with van der Waals surface area (Å²) in [5.41, 5.74) is 1.67. The summed E-state index contributed by atoms with van der Waals surface area (Å²) >= 11 is 0. The average molecular weight is 443 g/mol. The number of rotatable bonds is 5. The Hall–Kier alpha value is -2.77. The molecule has 1 saturated heterocycles. The van der Waals surface area contributed by atoms with Gasteiger partial charge in [0.2, 0.25) is 0 Å². The van der Waals surface area contributed by atoms with Crippen LogP contribution in [-0.2, 0) is 18.3 Å². The SMILES string of the molecule is CCN(CC1CCN(C(=NC)NCc2nc3ccccc3n2C)CC1)C(=O)OC(C)(C)C. The lowest BCUT2D eigenvalue weighted by Gasteiger charge is -2.36. The van der Waals surface area contributed by atoms with E-state index in [9.17, 15) is 4.79 Å². The maximum Gasteiger partial charge on any atom is 0.410 e. The zero-order valence-corrected chi connectivity index (χ0v) is 20.4. The number of carbonyl (C=O) groups excluding carboxylic acids is 1. The molecule has 32 heavy (non-hydrogen) atoms. The third kappa shape index (κ3) is 5.93. The number of ether oxygens (including phenoxy) is 1. The molecule has 2 aromatic rings. The van der Waals surface area contributed by atoms with Crippen LogP contribution in [-0.4, -0.2) is 70.2 Å². The van der Waals surface area contributed by atoms with Gasteiger partial charge in [0.15, 0.2) is 5.96 Å². The first kappa shape index (κ1) is 23.9. The molecular weight excluding hydrogens is 404 g/mol. The summed E-state index contributed by atoms with van der Waals surface area (Å²) in [5, 5.41) is 3.48. The number of fused-ring (bicyclic) bond motifs is 1. The van der Waals surface area contributed by atoms with Crippen LogP contribution >= 0.6 is 0 Å². The molecule has 2 heterocycles. The molecule has 0 aliphatic carbocycles. The van der Waals surface area contributed by atoms with Crippen LogP contribution in [0.4, 0.5) is 4.79 Å². The van der Waals surface area contributed by atoms with E-state index < -0.39 is 5.60 Å². The minimum atomic E-state index is -0.467. The first-order chi connectivity index (χ1) is 15.2. The molecule has 1 amide bonds. The number of imidazole rings is 1. The van der Waals surface area contributed by atoms with E-state index in [1.165, 1.54) is 0 Å². The van der Waals surface area contributed by atoms with Crippen LogP contribution in [0.3, 0.4) is 0 Å². The Morgan fingerprint density at radius 2 is 1.97 bits per heavy atom. The van der Waals surface area contributed by atoms with Gasteiger partial charge in [0.05, 0.1) is 17.6 Å². The molecule has 0 bridgehead atoms. The highest BCUT2D eigenvalue weighted by atomic mass is 16.6. The van der Waals surface area contributed by atoms with Crippen LogP contribution in [0.1, 0.15) is 46.4 Å². The van der Waals surface area contributed by atoms with Gasteiger partial charge < -0.3 is 24.4 Å². The largest absolute Gasteiger partial charge is 0.444 e. The molecule has 8 nitrogen and oxygen atoms in total. The van der Waals surface area contributed by atoms with Gasteiger partial charge in [0.1, 0.15) is 11.4 Å². The molecule has 1 aliphatic rings. The lowest BCUT2D eigenvalue weighted by Crippen LogP contribution is -2.47. The zero-order valence-electron chi connectivity index (χ0n) is 20.4. The van der Waals surface area contributed by atoms with Crippen molar-refractivity contribution in [1.82, 2.24) is 24.7 Å². The number of benzene rings is 1. The van der Waals surface area contributed by atoms with Crippen LogP contribution in [0.5, 0.6) is 0 Å². The van der Waals surface area contributed by atoms with Crippen LogP contribution < -0.4 is 5.32 Å². The van der Waals surface area contributed by atoms with E-state index in [1.807, 2.05) is 64.9 Å². The minimum Gasteiger partial charge on any atom is -0.444 e. The van der Waals surface area contributed by atoms with Gasteiger partial charge in [-0.25, -0.2) is 9.78 Å². The molecule has 1 aromatic carbocycles. The van der Waals surface area contributed by atoms with Crippen LogP contribution in [0, 0.1) is 5.92 Å². The van der Waals surface area contributed by atoms with Gasteiger partial charge in [-0.15, -0.1) is 0 Å². The monoisotopic (exact) mass is 442 g/mol. The van der Waals surface area contributed by atoms with Gasteiger partial charge in [-0.2, -0.15) is 0 Å². The average Bonchev–Trinajstić information content (AvgIpc) is 3.08. The van der Waals surface area contributed by atoms with Crippen LogP contribution in [0.25, 0.3) is 11.0 Å². The van der Waals surface area contributed by atoms with Gasteiger partial charge in [0.25, 0.3) is 0 Å². The Morgan fingerprint density at radius 3 is 2.56 bits per heavy atom. The molecular formula is C24H38N6O2. The molecule has 1 aromatic heterocycles. The maximum absolute atomic E-state index is 12.5. The summed E-state index contributed by atoms with van der Waals surface area (Å²) in [5.74, 6) is 2.35. The summed E-state index contributed by atoms with van der Waals surface area (Å²) in [6.07, 6.45) is 1.82. The summed E-state index contributed by atoms with van der Waals surface area (Å²) in [4.78, 5) is 25.8. The van der Waals surface area contributed by atoms with Gasteiger partial charge in [-0.3, -0.25) is 4.99 Å². The molecule has 1 aliphatic heterocycles. The summed E-state index contributed by atoms with van der Waals surface area (Å²) < 4.78 is 7.68. The van der Waals surface area contributed by atoms with Crippen molar-refractivity contribution in [2.24, 2.45) is 18.0 Å². The van der Waals surface area contributed by atoms with Crippen molar-refractivity contribution in [2.45, 2.75) is 52.7 Å². The maximum atomic E-state index is 12.5. The molecule has 1 N–H and O–H groups in total. The van der Waals surface area contributed by atoms with E-state index in [4.69, 9.17) is 9.72 Å². The predicted molar refractivity (Wildman–Crippen MR) is 129 cm³/mol. The quantitative estimate of drug-likeness (QED) is 0.565. The Labute approximate surface area is 191 Å². The molecule has 0 radical (unpaired) electrons. The highest BCUT2D eigenvalue weighted by Crippen LogP contribution is 2.20. The summed E-state index contributed by atoms with van der Waals surface area (Å²) in [7, 11) is 3.87. The van der Waals surface area contributed by atoms with Crippen molar-refractivity contribution in [1.29, 1.82) is 0 Å². The predicted octanol–water partition coefficient (Wildman–Crippen LogP) is 3.62. The molecule has 8 heteroatoms. The minimum absolute atomic E-state index is 0.220. The van der Waals surface area contributed by atoms with Gasteiger partial charge >= 0.3 is 6.09 Å². The smallest absolute Gasteiger partial charge is 0.410 e. The lowest BCUT2D eigenvalue weighted by molar-refractivity contribution is 0.0214. The second-order valence-electron chi connectivity index (χ2n) is 9.43. The van der Waals surface area contributed by atoms with E-state index >= 15 is 0 Å². The van der Waals surface area contributed by atoms with E-state index in [0.717, 1.165) is 55.3 Å². The van der Waals surface area contributed by atoms with Crippen molar-refractivity contribution < 1.29 is 9.53 Å². The summed E-state index contributed by atoms with van der Waals surface area (Å²) in [6, 6.07) is 8.17. The van der Waals surface area contributed by atoms with E-state index in [0.29, 0.717) is 19.0 Å². The van der Waals surface area contributed by atoms with Crippen molar-refractivity contribution in [3.63, 3.8) is 0 Å². The Balaban J connectivity index is 1.51. The lowest BCUT2D eigenvalue weighted by atomic mass is 9.96. The molecule has 0 spiro atoms. The van der Waals surface area contributed by atoms with E-state index in [-0.39, 0.29) is 6.09 Å². The topological polar surface area (TPSA) is 75.0 Å². The molecule has 0 saturated carbocycles. The number of para-hydroxylation sites is 2.